The number of carbonyl (C=O) groups is 2. The van der Waals surface area contributed by atoms with E-state index in [-0.39, 0.29) is 18.4 Å². The Kier molecular flexibility index (Phi) is 6.07. The highest BCUT2D eigenvalue weighted by molar-refractivity contribution is 6.33. The van der Waals surface area contributed by atoms with Gasteiger partial charge in [0.05, 0.1) is 17.3 Å². The average Bonchev–Trinajstić information content (AvgIpc) is 2.48. The molecule has 1 aromatic carbocycles. The van der Waals surface area contributed by atoms with Gasteiger partial charge in [0.2, 0.25) is 11.8 Å². The number of amides is 2. The van der Waals surface area contributed by atoms with Crippen LogP contribution in [0.2, 0.25) is 5.02 Å². The van der Waals surface area contributed by atoms with Crippen LogP contribution in [0.3, 0.4) is 0 Å². The smallest absolute Gasteiger partial charge is 0.239 e. The molecule has 0 bridgehead atoms. The predicted octanol–water partition coefficient (Wildman–Crippen LogP) is 3.16. The number of benzene rings is 1. The second-order valence-corrected chi connectivity index (χ2v) is 6.04. The Morgan fingerprint density at radius 2 is 1.95 bits per heavy atom. The molecule has 5 nitrogen and oxygen atoms in total. The Hall–Kier alpha value is -1.75. The van der Waals surface area contributed by atoms with Gasteiger partial charge in [0, 0.05) is 18.7 Å². The quantitative estimate of drug-likeness (QED) is 0.779. The van der Waals surface area contributed by atoms with Crippen LogP contribution >= 0.6 is 11.6 Å². The summed E-state index contributed by atoms with van der Waals surface area (Å²) in [7, 11) is 0. The second-order valence-electron chi connectivity index (χ2n) is 5.63. The first kappa shape index (κ1) is 16.6. The van der Waals surface area contributed by atoms with E-state index in [1.165, 1.54) is 26.2 Å². The highest BCUT2D eigenvalue weighted by Crippen LogP contribution is 2.25. The Bertz CT molecular complexity index is 542. The maximum absolute atomic E-state index is 12.0. The number of anilines is 2. The molecule has 0 aromatic heterocycles. The summed E-state index contributed by atoms with van der Waals surface area (Å²) in [4.78, 5) is 23.0. The van der Waals surface area contributed by atoms with Crippen molar-refractivity contribution in [3.05, 3.63) is 23.2 Å². The lowest BCUT2D eigenvalue weighted by Crippen LogP contribution is -2.39. The standard InChI is InChI=1S/C16H22ClN3O2/c1-11(21)19-13-7-8-14(17)15(9-13)18-10-16(22)20-12-5-3-2-4-6-12/h7-9,12,18H,2-6,10H2,1H3,(H,19,21)(H,20,22). The average molecular weight is 324 g/mol. The molecule has 1 fully saturated rings. The Labute approximate surface area is 135 Å². The van der Waals surface area contributed by atoms with E-state index in [2.05, 4.69) is 16.0 Å². The summed E-state index contributed by atoms with van der Waals surface area (Å²) in [5.74, 6) is -0.184. The molecule has 1 aliphatic carbocycles. The van der Waals surface area contributed by atoms with Crippen molar-refractivity contribution >= 4 is 34.8 Å². The van der Waals surface area contributed by atoms with E-state index < -0.39 is 0 Å². The van der Waals surface area contributed by atoms with Crippen molar-refractivity contribution in [2.24, 2.45) is 0 Å². The molecule has 1 aliphatic rings. The van der Waals surface area contributed by atoms with Crippen LogP contribution in [0, 0.1) is 0 Å². The fourth-order valence-electron chi connectivity index (χ4n) is 2.64. The van der Waals surface area contributed by atoms with Crippen molar-refractivity contribution < 1.29 is 9.59 Å². The summed E-state index contributed by atoms with van der Waals surface area (Å²) >= 11 is 6.10. The number of halogens is 1. The van der Waals surface area contributed by atoms with E-state index in [0.29, 0.717) is 22.4 Å². The number of hydrogen-bond donors (Lipinski definition) is 3. The topological polar surface area (TPSA) is 70.2 Å². The van der Waals surface area contributed by atoms with Crippen molar-refractivity contribution in [3.8, 4) is 0 Å². The fourth-order valence-corrected chi connectivity index (χ4v) is 2.83. The van der Waals surface area contributed by atoms with Crippen LogP contribution in [0.1, 0.15) is 39.0 Å². The van der Waals surface area contributed by atoms with E-state index in [9.17, 15) is 9.59 Å². The molecule has 0 unspecified atom stereocenters. The number of nitrogens with one attached hydrogen (secondary N) is 3. The van der Waals surface area contributed by atoms with Crippen molar-refractivity contribution in [2.75, 3.05) is 17.2 Å². The number of rotatable bonds is 5. The molecule has 0 saturated heterocycles. The molecule has 0 heterocycles. The molecule has 22 heavy (non-hydrogen) atoms. The van der Waals surface area contributed by atoms with Crippen LogP contribution in [0.15, 0.2) is 18.2 Å². The van der Waals surface area contributed by atoms with E-state index in [1.807, 2.05) is 0 Å². The maximum atomic E-state index is 12.0. The SMILES string of the molecule is CC(=O)Nc1ccc(Cl)c(NCC(=O)NC2CCCCC2)c1. The minimum atomic E-state index is -0.150. The third kappa shape index (κ3) is 5.22. The van der Waals surface area contributed by atoms with Crippen LogP contribution in [0.25, 0.3) is 0 Å². The van der Waals surface area contributed by atoms with Gasteiger partial charge in [0.25, 0.3) is 0 Å². The molecule has 120 valence electrons. The summed E-state index contributed by atoms with van der Waals surface area (Å²) < 4.78 is 0. The zero-order valence-electron chi connectivity index (χ0n) is 12.7. The van der Waals surface area contributed by atoms with E-state index in [0.717, 1.165) is 12.8 Å². The Balaban J connectivity index is 1.87. The van der Waals surface area contributed by atoms with Gasteiger partial charge < -0.3 is 16.0 Å². The van der Waals surface area contributed by atoms with Gasteiger partial charge in [-0.2, -0.15) is 0 Å². The third-order valence-electron chi connectivity index (χ3n) is 3.70. The molecule has 0 spiro atoms. The van der Waals surface area contributed by atoms with Crippen LogP contribution < -0.4 is 16.0 Å². The first-order valence-corrected chi connectivity index (χ1v) is 8.03. The van der Waals surface area contributed by atoms with Gasteiger partial charge in [-0.25, -0.2) is 0 Å². The number of hydrogen-bond acceptors (Lipinski definition) is 3. The van der Waals surface area contributed by atoms with Crippen molar-refractivity contribution in [3.63, 3.8) is 0 Å². The Morgan fingerprint density at radius 3 is 2.64 bits per heavy atom. The second kappa shape index (κ2) is 8.03. The zero-order valence-corrected chi connectivity index (χ0v) is 13.5. The highest BCUT2D eigenvalue weighted by atomic mass is 35.5. The highest BCUT2D eigenvalue weighted by Gasteiger charge is 2.15. The minimum Gasteiger partial charge on any atom is -0.375 e. The van der Waals surface area contributed by atoms with Crippen LogP contribution in [-0.4, -0.2) is 24.4 Å². The molecule has 2 rings (SSSR count). The normalized spacial score (nSPS) is 15.2. The monoisotopic (exact) mass is 323 g/mol. The third-order valence-corrected chi connectivity index (χ3v) is 4.03. The molecule has 0 aliphatic heterocycles. The van der Waals surface area contributed by atoms with Gasteiger partial charge in [-0.1, -0.05) is 30.9 Å². The lowest BCUT2D eigenvalue weighted by atomic mass is 9.95. The van der Waals surface area contributed by atoms with Gasteiger partial charge in [0.15, 0.2) is 0 Å². The maximum Gasteiger partial charge on any atom is 0.239 e. The van der Waals surface area contributed by atoms with E-state index in [1.54, 1.807) is 18.2 Å². The van der Waals surface area contributed by atoms with Gasteiger partial charge in [-0.15, -0.1) is 0 Å². The van der Waals surface area contributed by atoms with Gasteiger partial charge >= 0.3 is 0 Å². The van der Waals surface area contributed by atoms with Gasteiger partial charge in [-0.3, -0.25) is 9.59 Å². The summed E-state index contributed by atoms with van der Waals surface area (Å²) in [6.07, 6.45) is 5.75. The molecule has 0 radical (unpaired) electrons. The van der Waals surface area contributed by atoms with Crippen molar-refractivity contribution in [1.82, 2.24) is 5.32 Å². The summed E-state index contributed by atoms with van der Waals surface area (Å²) in [6, 6.07) is 5.42. The molecule has 3 N–H and O–H groups in total. The summed E-state index contributed by atoms with van der Waals surface area (Å²) in [6.45, 7) is 1.61. The first-order chi connectivity index (χ1) is 10.5. The Morgan fingerprint density at radius 1 is 1.23 bits per heavy atom. The molecule has 6 heteroatoms. The predicted molar refractivity (Wildman–Crippen MR) is 89.3 cm³/mol. The summed E-state index contributed by atoms with van der Waals surface area (Å²) in [5, 5.41) is 9.26. The largest absolute Gasteiger partial charge is 0.375 e. The van der Waals surface area contributed by atoms with Crippen LogP contribution in [0.5, 0.6) is 0 Å². The molecule has 1 aromatic rings. The molecular formula is C16H22ClN3O2. The van der Waals surface area contributed by atoms with Crippen molar-refractivity contribution in [1.29, 1.82) is 0 Å². The van der Waals surface area contributed by atoms with Crippen LogP contribution in [0.4, 0.5) is 11.4 Å². The van der Waals surface area contributed by atoms with Crippen LogP contribution in [-0.2, 0) is 9.59 Å². The summed E-state index contributed by atoms with van der Waals surface area (Å²) in [5.41, 5.74) is 1.28. The van der Waals surface area contributed by atoms with E-state index >= 15 is 0 Å². The fraction of sp³-hybridized carbons (Fsp3) is 0.500. The molecular weight excluding hydrogens is 302 g/mol. The molecule has 0 atom stereocenters. The molecule has 1 saturated carbocycles. The lowest BCUT2D eigenvalue weighted by molar-refractivity contribution is -0.120. The van der Waals surface area contributed by atoms with Gasteiger partial charge in [0.1, 0.15) is 0 Å². The molecule has 2 amide bonds. The number of carbonyl (C=O) groups excluding carboxylic acids is 2. The first-order valence-electron chi connectivity index (χ1n) is 7.65. The lowest BCUT2D eigenvalue weighted by Gasteiger charge is -2.23. The van der Waals surface area contributed by atoms with E-state index in [4.69, 9.17) is 11.6 Å². The zero-order chi connectivity index (χ0) is 15.9. The van der Waals surface area contributed by atoms with Gasteiger partial charge in [-0.05, 0) is 31.0 Å². The minimum absolute atomic E-state index is 0.0344. The van der Waals surface area contributed by atoms with Crippen molar-refractivity contribution in [2.45, 2.75) is 45.1 Å².